The van der Waals surface area contributed by atoms with Crippen molar-refractivity contribution in [1.82, 2.24) is 4.90 Å². The maximum absolute atomic E-state index is 11.4. The first-order chi connectivity index (χ1) is 9.96. The number of hydrogen-bond acceptors (Lipinski definition) is 5. The van der Waals surface area contributed by atoms with Crippen molar-refractivity contribution in [2.45, 2.75) is 25.7 Å². The summed E-state index contributed by atoms with van der Waals surface area (Å²) in [4.78, 5) is 13.5. The Hall–Kier alpha value is -1.37. The van der Waals surface area contributed by atoms with E-state index in [2.05, 4.69) is 9.30 Å². The van der Waals surface area contributed by atoms with Gasteiger partial charge in [0.05, 0.1) is 5.75 Å². The Morgan fingerprint density at radius 2 is 2.00 bits per heavy atom. The third-order valence-corrected chi connectivity index (χ3v) is 5.36. The molecule has 1 atom stereocenters. The summed E-state index contributed by atoms with van der Waals surface area (Å²) in [6.45, 7) is 3.14. The molecule has 21 heavy (non-hydrogen) atoms. The molecule has 2 aliphatic heterocycles. The van der Waals surface area contributed by atoms with Crippen molar-refractivity contribution in [3.63, 3.8) is 0 Å². The van der Waals surface area contributed by atoms with Crippen molar-refractivity contribution in [1.29, 1.82) is 0 Å². The monoisotopic (exact) mass is 308 g/mol. The molecule has 6 heteroatoms. The second-order valence-corrected chi connectivity index (χ2v) is 7.50. The number of amidine groups is 1. The summed E-state index contributed by atoms with van der Waals surface area (Å²) in [6, 6.07) is 7.57. The fourth-order valence-corrected chi connectivity index (χ4v) is 4.09. The minimum atomic E-state index is -2.82. The Morgan fingerprint density at radius 3 is 2.67 bits per heavy atom. The molecule has 2 aliphatic rings. The Labute approximate surface area is 126 Å². The van der Waals surface area contributed by atoms with Crippen LogP contribution in [0.2, 0.25) is 0 Å². The van der Waals surface area contributed by atoms with Crippen molar-refractivity contribution in [3.05, 3.63) is 35.4 Å². The van der Waals surface area contributed by atoms with Gasteiger partial charge in [-0.1, -0.05) is 35.0 Å². The van der Waals surface area contributed by atoms with Crippen LogP contribution in [0.25, 0.3) is 0 Å². The van der Waals surface area contributed by atoms with E-state index < -0.39 is 10.8 Å². The van der Waals surface area contributed by atoms with Crippen molar-refractivity contribution in [3.8, 4) is 0 Å². The van der Waals surface area contributed by atoms with Gasteiger partial charge >= 0.3 is 0 Å². The Kier molecular flexibility index (Phi) is 3.77. The first kappa shape index (κ1) is 14.6. The topological polar surface area (TPSA) is 73.1 Å². The van der Waals surface area contributed by atoms with Gasteiger partial charge in [-0.2, -0.15) is 0 Å². The molecule has 1 aromatic rings. The van der Waals surface area contributed by atoms with Gasteiger partial charge in [0.25, 0.3) is 0 Å². The molecular formula is C15H20N2O3S. The average Bonchev–Trinajstić information content (AvgIpc) is 2.46. The van der Waals surface area contributed by atoms with Gasteiger partial charge in [0.2, 0.25) is 0 Å². The number of ketones is 1. The van der Waals surface area contributed by atoms with Crippen LogP contribution in [-0.2, 0) is 0 Å². The van der Waals surface area contributed by atoms with Gasteiger partial charge in [0.15, 0.2) is 5.78 Å². The number of rotatable bonds is 2. The first-order valence-electron chi connectivity index (χ1n) is 7.18. The first-order valence-corrected chi connectivity index (χ1v) is 8.85. The van der Waals surface area contributed by atoms with E-state index in [4.69, 9.17) is 0 Å². The normalized spacial score (nSPS) is 25.8. The molecule has 1 aromatic carbocycles. The largest absolute Gasteiger partial charge is 0.357 e. The molecule has 2 heterocycles. The summed E-state index contributed by atoms with van der Waals surface area (Å²) in [5.74, 6) is 1.26. The van der Waals surface area contributed by atoms with Crippen LogP contribution in [0.15, 0.2) is 28.7 Å². The van der Waals surface area contributed by atoms with E-state index in [0.717, 1.165) is 30.8 Å². The lowest BCUT2D eigenvalue weighted by Crippen LogP contribution is -2.45. The van der Waals surface area contributed by atoms with Gasteiger partial charge in [-0.05, 0) is 25.3 Å². The lowest BCUT2D eigenvalue weighted by molar-refractivity contribution is 0.101. The highest BCUT2D eigenvalue weighted by Crippen LogP contribution is 2.46. The van der Waals surface area contributed by atoms with E-state index in [9.17, 15) is 13.9 Å². The summed E-state index contributed by atoms with van der Waals surface area (Å²) in [6.07, 6.45) is 2.02. The summed E-state index contributed by atoms with van der Waals surface area (Å²) < 4.78 is 24.0. The number of benzene rings is 1. The highest BCUT2D eigenvalue weighted by atomic mass is 32.3. The molecule has 3 rings (SSSR count). The Morgan fingerprint density at radius 1 is 1.29 bits per heavy atom. The fraction of sp³-hybridized carbons (Fsp3) is 0.467. The van der Waals surface area contributed by atoms with Crippen LogP contribution in [0.4, 0.5) is 0 Å². The van der Waals surface area contributed by atoms with Crippen LogP contribution in [-0.4, -0.2) is 44.5 Å². The summed E-state index contributed by atoms with van der Waals surface area (Å²) >= 11 is 0. The van der Waals surface area contributed by atoms with E-state index in [-0.39, 0.29) is 11.7 Å². The molecule has 0 radical (unpaired) electrons. The summed E-state index contributed by atoms with van der Waals surface area (Å²) in [5.41, 5.74) is 1.78. The van der Waals surface area contributed by atoms with Crippen molar-refractivity contribution >= 4 is 22.4 Å². The molecule has 1 fully saturated rings. The molecule has 2 N–H and O–H groups in total. The molecule has 0 aliphatic carbocycles. The lowest BCUT2D eigenvalue weighted by atomic mass is 9.88. The standard InChI is InChI=1S/C15H20N2O3S/c1-11(18)12-4-6-13(7-5-12)14-3-2-8-17-9-10-21(19,20)16-15(14)17/h4-7,14,19-20H,2-3,8-10H2,1H3. The third-order valence-electron chi connectivity index (χ3n) is 4.15. The second kappa shape index (κ2) is 5.44. The molecule has 0 amide bonds. The minimum absolute atomic E-state index is 0.0519. The second-order valence-electron chi connectivity index (χ2n) is 5.65. The molecule has 114 valence electrons. The van der Waals surface area contributed by atoms with Crippen molar-refractivity contribution < 1.29 is 13.9 Å². The van der Waals surface area contributed by atoms with Crippen LogP contribution < -0.4 is 0 Å². The van der Waals surface area contributed by atoms with E-state index in [1.807, 2.05) is 24.3 Å². The molecule has 0 aromatic heterocycles. The summed E-state index contributed by atoms with van der Waals surface area (Å²) in [7, 11) is -2.82. The number of nitrogens with zero attached hydrogens (tertiary/aromatic N) is 2. The lowest BCUT2D eigenvalue weighted by Gasteiger charge is -2.43. The molecular weight excluding hydrogens is 288 g/mol. The zero-order chi connectivity index (χ0) is 15.0. The zero-order valence-corrected chi connectivity index (χ0v) is 12.8. The zero-order valence-electron chi connectivity index (χ0n) is 12.0. The fourth-order valence-electron chi connectivity index (χ4n) is 2.99. The SMILES string of the molecule is CC(=O)c1ccc(C2CCCN3CCS(O)(O)N=C23)cc1. The molecule has 5 nitrogen and oxygen atoms in total. The summed E-state index contributed by atoms with van der Waals surface area (Å²) in [5, 5.41) is 0. The van der Waals surface area contributed by atoms with Crippen LogP contribution in [0, 0.1) is 0 Å². The predicted molar refractivity (Wildman–Crippen MR) is 85.1 cm³/mol. The number of carbonyl (C=O) groups excluding carboxylic acids is 1. The van der Waals surface area contributed by atoms with Crippen molar-refractivity contribution in [2.24, 2.45) is 4.40 Å². The molecule has 0 saturated carbocycles. The van der Waals surface area contributed by atoms with E-state index in [1.165, 1.54) is 0 Å². The highest BCUT2D eigenvalue weighted by Gasteiger charge is 2.33. The van der Waals surface area contributed by atoms with Crippen LogP contribution in [0.3, 0.4) is 0 Å². The maximum atomic E-state index is 11.4. The number of hydrogen-bond donors (Lipinski definition) is 2. The Balaban J connectivity index is 1.93. The third kappa shape index (κ3) is 2.97. The number of fused-ring (bicyclic) bond motifs is 1. The highest BCUT2D eigenvalue weighted by molar-refractivity contribution is 8.23. The average molecular weight is 308 g/mol. The minimum Gasteiger partial charge on any atom is -0.357 e. The number of carbonyl (C=O) groups is 1. The van der Waals surface area contributed by atoms with Gasteiger partial charge in [-0.15, -0.1) is 4.40 Å². The number of Topliss-reactive ketones (excluding diaryl/α,β-unsaturated/α-hetero) is 1. The molecule has 1 saturated heterocycles. The van der Waals surface area contributed by atoms with E-state index in [1.54, 1.807) is 6.92 Å². The Bertz CT molecular complexity index is 583. The van der Waals surface area contributed by atoms with Crippen molar-refractivity contribution in [2.75, 3.05) is 18.8 Å². The van der Waals surface area contributed by atoms with Gasteiger partial charge < -0.3 is 4.90 Å². The van der Waals surface area contributed by atoms with Crippen LogP contribution in [0.5, 0.6) is 0 Å². The molecule has 0 spiro atoms. The van der Waals surface area contributed by atoms with Crippen LogP contribution in [0.1, 0.15) is 41.6 Å². The smallest absolute Gasteiger partial charge is 0.159 e. The molecule has 1 unspecified atom stereocenters. The molecule has 0 bridgehead atoms. The quantitative estimate of drug-likeness (QED) is 0.823. The van der Waals surface area contributed by atoms with Crippen LogP contribution >= 0.6 is 10.8 Å². The maximum Gasteiger partial charge on any atom is 0.159 e. The number of piperidine rings is 1. The van der Waals surface area contributed by atoms with Gasteiger partial charge in [0, 0.05) is 24.6 Å². The predicted octanol–water partition coefficient (Wildman–Crippen LogP) is 3.15. The van der Waals surface area contributed by atoms with Gasteiger partial charge in [-0.3, -0.25) is 13.9 Å². The van der Waals surface area contributed by atoms with Gasteiger partial charge in [-0.25, -0.2) is 0 Å². The van der Waals surface area contributed by atoms with E-state index in [0.29, 0.717) is 17.9 Å². The van der Waals surface area contributed by atoms with E-state index >= 15 is 0 Å². The van der Waals surface area contributed by atoms with Gasteiger partial charge in [0.1, 0.15) is 5.84 Å².